The Kier molecular flexibility index (Phi) is 5.08. The highest BCUT2D eigenvalue weighted by molar-refractivity contribution is 7.17. The maximum absolute atomic E-state index is 12.9. The lowest BCUT2D eigenvalue weighted by molar-refractivity contribution is -0.117. The number of nitrogens with two attached hydrogens (primary N) is 1. The van der Waals surface area contributed by atoms with Crippen LogP contribution in [0, 0.1) is 17.8 Å². The first-order chi connectivity index (χ1) is 13.0. The van der Waals surface area contributed by atoms with Gasteiger partial charge in [0.05, 0.1) is 5.56 Å². The lowest BCUT2D eigenvalue weighted by Crippen LogP contribution is -2.29. The molecule has 8 heteroatoms. The molecular formula is C19H28N4O3S. The molecule has 0 aliphatic heterocycles. The number of hydrogen-bond donors (Lipinski definition) is 4. The number of oxime groups is 1. The van der Waals surface area contributed by atoms with Gasteiger partial charge in [-0.05, 0) is 62.3 Å². The molecule has 1 aromatic heterocycles. The molecular weight excluding hydrogens is 364 g/mol. The molecule has 3 aliphatic rings. The maximum Gasteiger partial charge on any atom is 0.254 e. The molecule has 2 fully saturated rings. The van der Waals surface area contributed by atoms with E-state index < -0.39 is 0 Å². The molecule has 148 valence electrons. The topological polar surface area (TPSA) is 117 Å². The third-order valence-corrected chi connectivity index (χ3v) is 6.86. The SMILES string of the molecule is NC(CC1CCc2sc(NC(=O)C3CC3)c(C(=O)NCC3CC3)c2C1)=NO.[HH]. The van der Waals surface area contributed by atoms with Crippen molar-refractivity contribution in [3.8, 4) is 0 Å². The Morgan fingerprint density at radius 1 is 1.22 bits per heavy atom. The maximum atomic E-state index is 12.9. The van der Waals surface area contributed by atoms with Crippen molar-refractivity contribution in [2.45, 2.75) is 51.4 Å². The van der Waals surface area contributed by atoms with Crippen LogP contribution in [0.15, 0.2) is 5.16 Å². The zero-order valence-corrected chi connectivity index (χ0v) is 16.1. The second kappa shape index (κ2) is 7.50. The summed E-state index contributed by atoms with van der Waals surface area (Å²) < 4.78 is 0. The molecule has 1 unspecified atom stereocenters. The molecule has 1 heterocycles. The molecule has 0 bridgehead atoms. The number of carbonyl (C=O) groups excluding carboxylic acids is 2. The lowest BCUT2D eigenvalue weighted by atomic mass is 9.84. The van der Waals surface area contributed by atoms with E-state index in [1.807, 2.05) is 0 Å². The van der Waals surface area contributed by atoms with Crippen molar-refractivity contribution in [3.63, 3.8) is 0 Å². The van der Waals surface area contributed by atoms with E-state index in [4.69, 9.17) is 10.9 Å². The molecule has 7 nitrogen and oxygen atoms in total. The summed E-state index contributed by atoms with van der Waals surface area (Å²) >= 11 is 1.54. The fourth-order valence-electron chi connectivity index (χ4n) is 3.70. The largest absolute Gasteiger partial charge is 0.409 e. The minimum absolute atomic E-state index is 0. The number of thiophene rings is 1. The van der Waals surface area contributed by atoms with Crippen LogP contribution in [0.25, 0.3) is 0 Å². The molecule has 27 heavy (non-hydrogen) atoms. The molecule has 4 rings (SSSR count). The van der Waals surface area contributed by atoms with E-state index in [1.54, 1.807) is 0 Å². The number of rotatable bonds is 7. The van der Waals surface area contributed by atoms with Gasteiger partial charge in [-0.15, -0.1) is 11.3 Å². The smallest absolute Gasteiger partial charge is 0.254 e. The van der Waals surface area contributed by atoms with Crippen LogP contribution in [0.4, 0.5) is 5.00 Å². The molecule has 0 aromatic carbocycles. The summed E-state index contributed by atoms with van der Waals surface area (Å²) in [5, 5.41) is 18.7. The molecule has 1 aromatic rings. The van der Waals surface area contributed by atoms with E-state index in [9.17, 15) is 9.59 Å². The van der Waals surface area contributed by atoms with Gasteiger partial charge in [0.1, 0.15) is 10.8 Å². The second-order valence-corrected chi connectivity index (χ2v) is 9.13. The number of amidine groups is 1. The zero-order valence-electron chi connectivity index (χ0n) is 15.3. The van der Waals surface area contributed by atoms with Crippen LogP contribution in [0.5, 0.6) is 0 Å². The highest BCUT2D eigenvalue weighted by atomic mass is 32.1. The lowest BCUT2D eigenvalue weighted by Gasteiger charge is -2.22. The van der Waals surface area contributed by atoms with Crippen LogP contribution in [0.1, 0.15) is 60.8 Å². The van der Waals surface area contributed by atoms with Gasteiger partial charge in [-0.2, -0.15) is 0 Å². The minimum atomic E-state index is -0.0880. The highest BCUT2D eigenvalue weighted by Crippen LogP contribution is 2.41. The summed E-state index contributed by atoms with van der Waals surface area (Å²) in [5.74, 6) is 1.10. The quantitative estimate of drug-likeness (QED) is 0.247. The average Bonchev–Trinajstić information content (AvgIpc) is 3.56. The van der Waals surface area contributed by atoms with Gasteiger partial charge in [0, 0.05) is 25.2 Å². The van der Waals surface area contributed by atoms with E-state index in [0.29, 0.717) is 35.9 Å². The molecule has 5 N–H and O–H groups in total. The molecule has 2 saturated carbocycles. The van der Waals surface area contributed by atoms with Crippen molar-refractivity contribution in [3.05, 3.63) is 16.0 Å². The first kappa shape index (κ1) is 18.3. The first-order valence-electron chi connectivity index (χ1n) is 9.75. The van der Waals surface area contributed by atoms with Crippen LogP contribution in [-0.2, 0) is 17.6 Å². The number of nitrogens with zero attached hydrogens (tertiary/aromatic N) is 1. The zero-order chi connectivity index (χ0) is 19.0. The van der Waals surface area contributed by atoms with Crippen molar-refractivity contribution in [2.75, 3.05) is 11.9 Å². The second-order valence-electron chi connectivity index (χ2n) is 8.03. The fraction of sp³-hybridized carbons (Fsp3) is 0.632. The Labute approximate surface area is 163 Å². The monoisotopic (exact) mass is 392 g/mol. The summed E-state index contributed by atoms with van der Waals surface area (Å²) in [4.78, 5) is 26.4. The molecule has 3 aliphatic carbocycles. The third kappa shape index (κ3) is 4.26. The molecule has 0 radical (unpaired) electrons. The summed E-state index contributed by atoms with van der Waals surface area (Å²) in [7, 11) is 0. The Hall–Kier alpha value is -2.09. The Balaban J connectivity index is 0.00000225. The number of anilines is 1. The van der Waals surface area contributed by atoms with E-state index >= 15 is 0 Å². The number of carbonyl (C=O) groups is 2. The number of hydrogen-bond acceptors (Lipinski definition) is 5. The van der Waals surface area contributed by atoms with Gasteiger partial charge in [0.15, 0.2) is 0 Å². The number of aryl methyl sites for hydroxylation is 1. The van der Waals surface area contributed by atoms with E-state index in [0.717, 1.165) is 31.2 Å². The molecule has 0 spiro atoms. The Morgan fingerprint density at radius 2 is 2.00 bits per heavy atom. The molecule has 0 saturated heterocycles. The molecule has 1 atom stereocenters. The van der Waals surface area contributed by atoms with Crippen molar-refractivity contribution >= 4 is 34.0 Å². The number of amides is 2. The number of nitrogens with one attached hydrogen (secondary N) is 2. The summed E-state index contributed by atoms with van der Waals surface area (Å²) in [5.41, 5.74) is 7.35. The van der Waals surface area contributed by atoms with Gasteiger partial charge in [0.25, 0.3) is 5.91 Å². The van der Waals surface area contributed by atoms with Crippen LogP contribution < -0.4 is 16.4 Å². The van der Waals surface area contributed by atoms with Crippen LogP contribution in [0.2, 0.25) is 0 Å². The van der Waals surface area contributed by atoms with Crippen molar-refractivity contribution < 1.29 is 16.2 Å². The van der Waals surface area contributed by atoms with Gasteiger partial charge in [-0.1, -0.05) is 5.16 Å². The van der Waals surface area contributed by atoms with Crippen molar-refractivity contribution in [2.24, 2.45) is 28.6 Å². The van der Waals surface area contributed by atoms with Gasteiger partial charge in [0.2, 0.25) is 5.91 Å². The fourth-order valence-corrected chi connectivity index (χ4v) is 4.95. The van der Waals surface area contributed by atoms with Crippen LogP contribution in [0.3, 0.4) is 0 Å². The Morgan fingerprint density at radius 3 is 2.67 bits per heavy atom. The average molecular weight is 393 g/mol. The van der Waals surface area contributed by atoms with E-state index in [2.05, 4.69) is 15.8 Å². The normalized spacial score (nSPS) is 22.2. The highest BCUT2D eigenvalue weighted by Gasteiger charge is 2.34. The van der Waals surface area contributed by atoms with Gasteiger partial charge >= 0.3 is 0 Å². The summed E-state index contributed by atoms with van der Waals surface area (Å²) in [6, 6.07) is 0. The third-order valence-electron chi connectivity index (χ3n) is 5.65. The van der Waals surface area contributed by atoms with Gasteiger partial charge in [-0.25, -0.2) is 0 Å². The van der Waals surface area contributed by atoms with E-state index in [1.165, 1.54) is 29.1 Å². The first-order valence-corrected chi connectivity index (χ1v) is 10.6. The van der Waals surface area contributed by atoms with Crippen molar-refractivity contribution in [1.82, 2.24) is 5.32 Å². The van der Waals surface area contributed by atoms with E-state index in [-0.39, 0.29) is 30.9 Å². The van der Waals surface area contributed by atoms with Gasteiger partial charge in [-0.3, -0.25) is 9.59 Å². The number of fused-ring (bicyclic) bond motifs is 1. The van der Waals surface area contributed by atoms with Gasteiger partial charge < -0.3 is 21.6 Å². The van der Waals surface area contributed by atoms with Crippen molar-refractivity contribution in [1.29, 1.82) is 0 Å². The summed E-state index contributed by atoms with van der Waals surface area (Å²) in [6.45, 7) is 0.701. The predicted molar refractivity (Wildman–Crippen MR) is 106 cm³/mol. The Bertz CT molecular complexity index is 786. The standard InChI is InChI=1S/C19H26N4O3S.H2/c20-15(23-26)8-11-3-6-14-13(7-11)16(18(25)21-9-10-1-2-10)19(27-14)22-17(24)12-4-5-12;/h10-12,26H,1-9H2,(H2,20,23)(H,21,25)(H,22,24);1H. The molecule has 2 amide bonds. The van der Waals surface area contributed by atoms with Crippen LogP contribution >= 0.6 is 11.3 Å². The van der Waals surface area contributed by atoms with Crippen LogP contribution in [-0.4, -0.2) is 29.4 Å². The minimum Gasteiger partial charge on any atom is -0.409 e. The predicted octanol–water partition coefficient (Wildman–Crippen LogP) is 2.72. The summed E-state index contributed by atoms with van der Waals surface area (Å²) in [6.07, 6.45) is 7.23.